The Hall–Kier alpha value is -1.05. The molecule has 0 saturated heterocycles. The summed E-state index contributed by atoms with van der Waals surface area (Å²) in [6.07, 6.45) is 13.4. The fourth-order valence-electron chi connectivity index (χ4n) is 10.3. The van der Waals surface area contributed by atoms with Gasteiger partial charge in [-0.25, -0.2) is 0 Å². The van der Waals surface area contributed by atoms with Gasteiger partial charge in [-0.15, -0.1) is 0 Å². The van der Waals surface area contributed by atoms with Crippen molar-refractivity contribution in [1.82, 2.24) is 0 Å². The summed E-state index contributed by atoms with van der Waals surface area (Å²) in [5.41, 5.74) is 2.04. The molecule has 0 unspecified atom stereocenters. The Morgan fingerprint density at radius 2 is 1.59 bits per heavy atom. The zero-order chi connectivity index (χ0) is 23.5. The third kappa shape index (κ3) is 2.51. The third-order valence-corrected chi connectivity index (χ3v) is 12.7. The van der Waals surface area contributed by atoms with E-state index in [-0.39, 0.29) is 27.8 Å². The summed E-state index contributed by atoms with van der Waals surface area (Å²) in [4.78, 5) is 12.9. The molecule has 3 saturated carbocycles. The first-order valence-corrected chi connectivity index (χ1v) is 13.4. The normalized spacial score (nSPS) is 54.4. The van der Waals surface area contributed by atoms with E-state index in [0.717, 1.165) is 24.7 Å². The van der Waals surface area contributed by atoms with Crippen molar-refractivity contribution in [2.75, 3.05) is 0 Å². The highest BCUT2D eigenvalue weighted by atomic mass is 16.3. The molecule has 32 heavy (non-hydrogen) atoms. The maximum atomic E-state index is 12.9. The zero-order valence-electron chi connectivity index (χ0n) is 21.8. The third-order valence-electron chi connectivity index (χ3n) is 12.7. The number of hydrogen-bond donors (Lipinski definition) is 1. The van der Waals surface area contributed by atoms with Crippen LogP contribution in [0.25, 0.3) is 0 Å². The van der Waals surface area contributed by atoms with Gasteiger partial charge < -0.3 is 5.11 Å². The summed E-state index contributed by atoms with van der Waals surface area (Å²) < 4.78 is 0. The van der Waals surface area contributed by atoms with Gasteiger partial charge in [0.2, 0.25) is 5.78 Å². The molecule has 0 bridgehead atoms. The lowest BCUT2D eigenvalue weighted by atomic mass is 9.34. The van der Waals surface area contributed by atoms with E-state index in [1.165, 1.54) is 32.1 Å². The molecule has 0 aromatic heterocycles. The van der Waals surface area contributed by atoms with Crippen LogP contribution >= 0.6 is 0 Å². The molecule has 0 aromatic rings. The van der Waals surface area contributed by atoms with E-state index in [9.17, 15) is 9.90 Å². The molecule has 3 fully saturated rings. The molecule has 0 amide bonds. The van der Waals surface area contributed by atoms with E-state index < -0.39 is 5.41 Å². The molecule has 9 atom stereocenters. The van der Waals surface area contributed by atoms with Gasteiger partial charge in [0.25, 0.3) is 0 Å². The van der Waals surface area contributed by atoms with Crippen molar-refractivity contribution in [3.8, 4) is 0 Å². The van der Waals surface area contributed by atoms with Crippen LogP contribution in [0.4, 0.5) is 0 Å². The Balaban J connectivity index is 1.64. The lowest BCUT2D eigenvalue weighted by molar-refractivity contribution is -0.164. The predicted molar refractivity (Wildman–Crippen MR) is 131 cm³/mol. The fraction of sp³-hybridized carbons (Fsp3) is 0.833. The lowest BCUT2D eigenvalue weighted by Crippen LogP contribution is -2.63. The Kier molecular flexibility index (Phi) is 4.65. The molecule has 0 spiro atoms. The molecule has 1 N–H and O–H groups in total. The first-order chi connectivity index (χ1) is 14.7. The van der Waals surface area contributed by atoms with Crippen molar-refractivity contribution >= 4 is 5.78 Å². The standard InChI is InChI=1S/C30H46O2/c1-18-11-13-27(5)15-16-29(7)20(24(27)19(18)2)9-10-23-28(6)17-21(31)25(32)26(3,4)22(28)12-14-30(23,29)8/h9,17-19,22-24,31H,10-16H2,1-8H3/t18-,19+,22+,23-,24+,27-,28+,29-,30-/m1/s1. The minimum absolute atomic E-state index is 0.0175. The van der Waals surface area contributed by atoms with E-state index in [0.29, 0.717) is 23.2 Å². The van der Waals surface area contributed by atoms with Gasteiger partial charge in [0.1, 0.15) is 0 Å². The lowest BCUT2D eigenvalue weighted by Gasteiger charge is -2.70. The summed E-state index contributed by atoms with van der Waals surface area (Å²) in [7, 11) is 0. The van der Waals surface area contributed by atoms with E-state index in [4.69, 9.17) is 0 Å². The molecular weight excluding hydrogens is 392 g/mol. The average Bonchev–Trinajstić information content (AvgIpc) is 2.70. The van der Waals surface area contributed by atoms with E-state index in [1.807, 2.05) is 6.08 Å². The Morgan fingerprint density at radius 3 is 2.28 bits per heavy atom. The van der Waals surface area contributed by atoms with Crippen LogP contribution in [0.5, 0.6) is 0 Å². The van der Waals surface area contributed by atoms with Gasteiger partial charge in [-0.05, 0) is 102 Å². The fourth-order valence-corrected chi connectivity index (χ4v) is 10.3. The first-order valence-electron chi connectivity index (χ1n) is 13.4. The van der Waals surface area contributed by atoms with E-state index >= 15 is 0 Å². The number of hydrogen-bond acceptors (Lipinski definition) is 2. The quantitative estimate of drug-likeness (QED) is 0.390. The SMILES string of the molecule is C[C@H]1[C@H](C)CC[C@]2(C)CC[C@]3(C)C(=CC[C@@H]4[C@@]5(C)C=C(O)C(=O)C(C)(C)[C@@H]5CC[C@]43C)[C@H]12. The van der Waals surface area contributed by atoms with Crippen LogP contribution in [0.1, 0.15) is 100 Å². The summed E-state index contributed by atoms with van der Waals surface area (Å²) in [5.74, 6) is 3.00. The molecule has 178 valence electrons. The van der Waals surface area contributed by atoms with Gasteiger partial charge in [0.15, 0.2) is 5.76 Å². The number of Topliss-reactive ketones (excluding diaryl/α,β-unsaturated/α-hetero) is 1. The number of rotatable bonds is 0. The number of allylic oxidation sites excluding steroid dienone is 4. The maximum Gasteiger partial charge on any atom is 0.202 e. The minimum atomic E-state index is -0.488. The second-order valence-electron chi connectivity index (χ2n) is 14.2. The maximum absolute atomic E-state index is 12.9. The number of fused-ring (bicyclic) bond motifs is 7. The first kappa shape index (κ1) is 22.7. The highest BCUT2D eigenvalue weighted by Crippen LogP contribution is 2.75. The average molecular weight is 439 g/mol. The summed E-state index contributed by atoms with van der Waals surface area (Å²) >= 11 is 0. The predicted octanol–water partition coefficient (Wildman–Crippen LogP) is 7.89. The minimum Gasteiger partial charge on any atom is -0.505 e. The Labute approximate surface area is 196 Å². The van der Waals surface area contributed by atoms with Crippen LogP contribution in [-0.4, -0.2) is 10.9 Å². The summed E-state index contributed by atoms with van der Waals surface area (Å²) in [5, 5.41) is 10.7. The number of aliphatic hydroxyl groups is 1. The number of aliphatic hydroxyl groups excluding tert-OH is 1. The Morgan fingerprint density at radius 1 is 0.906 bits per heavy atom. The number of carbonyl (C=O) groups is 1. The van der Waals surface area contributed by atoms with Crippen molar-refractivity contribution in [3.05, 3.63) is 23.5 Å². The Bertz CT molecular complexity index is 910. The van der Waals surface area contributed by atoms with Crippen molar-refractivity contribution in [2.24, 2.45) is 56.7 Å². The molecule has 0 aliphatic heterocycles. The van der Waals surface area contributed by atoms with Crippen molar-refractivity contribution in [1.29, 1.82) is 0 Å². The molecule has 5 aliphatic carbocycles. The van der Waals surface area contributed by atoms with Gasteiger partial charge >= 0.3 is 0 Å². The molecule has 2 heteroatoms. The van der Waals surface area contributed by atoms with Crippen LogP contribution in [0.2, 0.25) is 0 Å². The summed E-state index contributed by atoms with van der Waals surface area (Å²) in [6.45, 7) is 19.3. The van der Waals surface area contributed by atoms with Gasteiger partial charge in [0.05, 0.1) is 0 Å². The topological polar surface area (TPSA) is 37.3 Å². The van der Waals surface area contributed by atoms with Crippen LogP contribution in [-0.2, 0) is 4.79 Å². The van der Waals surface area contributed by atoms with Crippen LogP contribution in [0.3, 0.4) is 0 Å². The smallest absolute Gasteiger partial charge is 0.202 e. The van der Waals surface area contributed by atoms with Gasteiger partial charge in [-0.3, -0.25) is 4.79 Å². The second-order valence-corrected chi connectivity index (χ2v) is 14.2. The highest BCUT2D eigenvalue weighted by molar-refractivity contribution is 5.98. The van der Waals surface area contributed by atoms with Crippen LogP contribution in [0, 0.1) is 56.7 Å². The van der Waals surface area contributed by atoms with E-state index in [1.54, 1.807) is 5.57 Å². The monoisotopic (exact) mass is 438 g/mol. The molecule has 5 aliphatic rings. The molecule has 5 rings (SSSR count). The largest absolute Gasteiger partial charge is 0.505 e. The van der Waals surface area contributed by atoms with Crippen molar-refractivity contribution < 1.29 is 9.90 Å². The van der Waals surface area contributed by atoms with E-state index in [2.05, 4.69) is 61.5 Å². The van der Waals surface area contributed by atoms with Gasteiger partial charge in [-0.2, -0.15) is 0 Å². The second kappa shape index (κ2) is 6.54. The van der Waals surface area contributed by atoms with Crippen LogP contribution < -0.4 is 0 Å². The molecule has 0 radical (unpaired) electrons. The van der Waals surface area contributed by atoms with Gasteiger partial charge in [-0.1, -0.05) is 67.0 Å². The zero-order valence-corrected chi connectivity index (χ0v) is 21.8. The number of carbonyl (C=O) groups excluding carboxylic acids is 1. The molecule has 0 heterocycles. The van der Waals surface area contributed by atoms with Gasteiger partial charge in [0, 0.05) is 5.41 Å². The van der Waals surface area contributed by atoms with Crippen molar-refractivity contribution in [2.45, 2.75) is 100 Å². The highest BCUT2D eigenvalue weighted by Gasteiger charge is 2.68. The molecule has 0 aromatic carbocycles. The van der Waals surface area contributed by atoms with Crippen LogP contribution in [0.15, 0.2) is 23.5 Å². The van der Waals surface area contributed by atoms with Crippen molar-refractivity contribution in [3.63, 3.8) is 0 Å². The summed E-state index contributed by atoms with van der Waals surface area (Å²) in [6, 6.07) is 0. The molecular formula is C30H46O2. The number of ketones is 1. The molecule has 2 nitrogen and oxygen atoms in total.